The molecule has 7 heteroatoms. The molecule has 0 radical (unpaired) electrons. The molecule has 1 N–H and O–H groups in total. The number of hydrogen-bond acceptors (Lipinski definition) is 4. The molecule has 2 aromatic rings. The van der Waals surface area contributed by atoms with Crippen LogP contribution in [0, 0.1) is 0 Å². The number of rotatable bonds is 5. The first-order chi connectivity index (χ1) is 12.1. The Balaban J connectivity index is 1.86. The van der Waals surface area contributed by atoms with Gasteiger partial charge in [0.1, 0.15) is 5.57 Å². The lowest BCUT2D eigenvalue weighted by Crippen LogP contribution is -2.54. The van der Waals surface area contributed by atoms with Gasteiger partial charge in [0.2, 0.25) is 0 Å². The zero-order valence-electron chi connectivity index (χ0n) is 13.8. The smallest absolute Gasteiger partial charge is 0.273 e. The van der Waals surface area contributed by atoms with Crippen LogP contribution >= 0.6 is 0 Å². The van der Waals surface area contributed by atoms with Crippen molar-refractivity contribution in [3.05, 3.63) is 53.9 Å². The Morgan fingerprint density at radius 2 is 1.92 bits per heavy atom. The molecule has 1 saturated heterocycles. The van der Waals surface area contributed by atoms with Crippen molar-refractivity contribution in [3.63, 3.8) is 0 Å². The number of amides is 4. The third-order valence-electron chi connectivity index (χ3n) is 3.86. The van der Waals surface area contributed by atoms with Crippen molar-refractivity contribution in [2.75, 3.05) is 6.54 Å². The van der Waals surface area contributed by atoms with Gasteiger partial charge in [0, 0.05) is 18.3 Å². The second kappa shape index (κ2) is 7.12. The second-order valence-corrected chi connectivity index (χ2v) is 5.68. The summed E-state index contributed by atoms with van der Waals surface area (Å²) in [5.41, 5.74) is 1.40. The Kier molecular flexibility index (Phi) is 4.74. The summed E-state index contributed by atoms with van der Waals surface area (Å²) in [6, 6.07) is 8.82. The minimum atomic E-state index is -0.685. The van der Waals surface area contributed by atoms with Crippen LogP contribution in [-0.2, 0) is 9.59 Å². The number of barbiturate groups is 1. The second-order valence-electron chi connectivity index (χ2n) is 5.68. The number of hydrogen-bond donors (Lipinski definition) is 1. The van der Waals surface area contributed by atoms with Gasteiger partial charge in [-0.1, -0.05) is 31.5 Å². The monoisotopic (exact) mass is 338 g/mol. The number of benzene rings is 1. The molecule has 0 unspecified atom stereocenters. The lowest BCUT2D eigenvalue weighted by atomic mass is 10.1. The molecule has 25 heavy (non-hydrogen) atoms. The molecule has 7 nitrogen and oxygen atoms in total. The SMILES string of the molecule is CCCCN1C(=O)NC(=O)C(=Cc2cnn(-c3ccccc3)c2)C1=O. The summed E-state index contributed by atoms with van der Waals surface area (Å²) in [4.78, 5) is 37.4. The van der Waals surface area contributed by atoms with Gasteiger partial charge in [-0.15, -0.1) is 0 Å². The van der Waals surface area contributed by atoms with Crippen molar-refractivity contribution >= 4 is 23.9 Å². The number of nitrogens with zero attached hydrogens (tertiary/aromatic N) is 3. The molecule has 0 bridgehead atoms. The zero-order valence-corrected chi connectivity index (χ0v) is 13.8. The third kappa shape index (κ3) is 3.50. The maximum atomic E-state index is 12.5. The van der Waals surface area contributed by atoms with E-state index in [-0.39, 0.29) is 12.1 Å². The van der Waals surface area contributed by atoms with Gasteiger partial charge in [0.05, 0.1) is 11.9 Å². The summed E-state index contributed by atoms with van der Waals surface area (Å²) in [7, 11) is 0. The van der Waals surface area contributed by atoms with E-state index in [0.717, 1.165) is 17.0 Å². The van der Waals surface area contributed by atoms with E-state index in [9.17, 15) is 14.4 Å². The molecule has 1 aliphatic heterocycles. The van der Waals surface area contributed by atoms with Gasteiger partial charge in [-0.2, -0.15) is 5.10 Å². The van der Waals surface area contributed by atoms with E-state index >= 15 is 0 Å². The number of carbonyl (C=O) groups is 3. The first-order valence-corrected chi connectivity index (χ1v) is 8.09. The third-order valence-corrected chi connectivity index (χ3v) is 3.86. The fourth-order valence-electron chi connectivity index (χ4n) is 2.51. The van der Waals surface area contributed by atoms with Gasteiger partial charge in [0.25, 0.3) is 11.8 Å². The van der Waals surface area contributed by atoms with Gasteiger partial charge >= 0.3 is 6.03 Å². The lowest BCUT2D eigenvalue weighted by Gasteiger charge is -2.26. The Morgan fingerprint density at radius 1 is 1.16 bits per heavy atom. The summed E-state index contributed by atoms with van der Waals surface area (Å²) in [6.45, 7) is 2.25. The van der Waals surface area contributed by atoms with E-state index in [1.54, 1.807) is 17.1 Å². The molecule has 4 amide bonds. The topological polar surface area (TPSA) is 84.3 Å². The molecule has 2 heterocycles. The maximum absolute atomic E-state index is 12.5. The number of unbranched alkanes of at least 4 members (excludes halogenated alkanes) is 1. The minimum absolute atomic E-state index is 0.0664. The standard InChI is InChI=1S/C18H18N4O3/c1-2-3-9-21-17(24)15(16(23)20-18(21)25)10-13-11-19-22(12-13)14-7-5-4-6-8-14/h4-8,10-12H,2-3,9H2,1H3,(H,20,23,25). The number of para-hydroxylation sites is 1. The van der Waals surface area contributed by atoms with E-state index in [4.69, 9.17) is 0 Å². The number of aromatic nitrogens is 2. The molecule has 1 aromatic carbocycles. The molecule has 0 aliphatic carbocycles. The minimum Gasteiger partial charge on any atom is -0.273 e. The molecule has 3 rings (SSSR count). The Bertz CT molecular complexity index is 839. The van der Waals surface area contributed by atoms with Crippen LogP contribution in [-0.4, -0.2) is 39.1 Å². The van der Waals surface area contributed by atoms with Crippen LogP contribution in [0.2, 0.25) is 0 Å². The molecule has 1 aliphatic rings. The van der Waals surface area contributed by atoms with Crippen molar-refractivity contribution in [3.8, 4) is 5.69 Å². The highest BCUT2D eigenvalue weighted by atomic mass is 16.2. The fraction of sp³-hybridized carbons (Fsp3) is 0.222. The van der Waals surface area contributed by atoms with Crippen molar-refractivity contribution in [1.82, 2.24) is 20.0 Å². The first-order valence-electron chi connectivity index (χ1n) is 8.09. The largest absolute Gasteiger partial charge is 0.331 e. The quantitative estimate of drug-likeness (QED) is 0.669. The number of urea groups is 1. The highest BCUT2D eigenvalue weighted by Gasteiger charge is 2.35. The molecular formula is C18H18N4O3. The van der Waals surface area contributed by atoms with Gasteiger partial charge in [0.15, 0.2) is 0 Å². The van der Waals surface area contributed by atoms with Crippen molar-refractivity contribution in [2.24, 2.45) is 0 Å². The van der Waals surface area contributed by atoms with Crippen molar-refractivity contribution in [2.45, 2.75) is 19.8 Å². The van der Waals surface area contributed by atoms with E-state index in [1.165, 1.54) is 6.08 Å². The van der Waals surface area contributed by atoms with Crippen molar-refractivity contribution < 1.29 is 14.4 Å². The Hall–Kier alpha value is -3.22. The molecule has 128 valence electrons. The van der Waals surface area contributed by atoms with Crippen LogP contribution in [0.5, 0.6) is 0 Å². The molecule has 0 atom stereocenters. The summed E-state index contributed by atoms with van der Waals surface area (Å²) in [6.07, 6.45) is 6.26. The van der Waals surface area contributed by atoms with E-state index in [1.807, 2.05) is 37.3 Å². The predicted octanol–water partition coefficient (Wildman–Crippen LogP) is 2.13. The number of carbonyl (C=O) groups excluding carboxylic acids is 3. The van der Waals surface area contributed by atoms with Crippen LogP contribution in [0.15, 0.2) is 48.3 Å². The average molecular weight is 338 g/mol. The summed E-state index contributed by atoms with van der Waals surface area (Å²) >= 11 is 0. The van der Waals surface area contributed by atoms with Gasteiger partial charge in [-0.05, 0) is 24.6 Å². The fourth-order valence-corrected chi connectivity index (χ4v) is 2.51. The predicted molar refractivity (Wildman–Crippen MR) is 91.7 cm³/mol. The van der Waals surface area contributed by atoms with Gasteiger partial charge in [-0.25, -0.2) is 9.48 Å². The molecule has 0 spiro atoms. The van der Waals surface area contributed by atoms with Crippen LogP contribution in [0.3, 0.4) is 0 Å². The summed E-state index contributed by atoms with van der Waals surface area (Å²) < 4.78 is 1.65. The zero-order chi connectivity index (χ0) is 17.8. The van der Waals surface area contributed by atoms with Gasteiger partial charge in [-0.3, -0.25) is 19.8 Å². The molecule has 0 saturated carbocycles. The highest BCUT2D eigenvalue weighted by molar-refractivity contribution is 6.30. The van der Waals surface area contributed by atoms with E-state index in [0.29, 0.717) is 12.0 Å². The number of nitrogens with one attached hydrogen (secondary N) is 1. The van der Waals surface area contributed by atoms with Crippen LogP contribution in [0.1, 0.15) is 25.3 Å². The normalized spacial score (nSPS) is 16.4. The maximum Gasteiger partial charge on any atom is 0.331 e. The van der Waals surface area contributed by atoms with Gasteiger partial charge < -0.3 is 0 Å². The first kappa shape index (κ1) is 16.6. The lowest BCUT2D eigenvalue weighted by molar-refractivity contribution is -0.130. The van der Waals surface area contributed by atoms with Crippen LogP contribution < -0.4 is 5.32 Å². The van der Waals surface area contributed by atoms with E-state index < -0.39 is 17.8 Å². The summed E-state index contributed by atoms with van der Waals surface area (Å²) in [5.74, 6) is -1.26. The molecular weight excluding hydrogens is 320 g/mol. The van der Waals surface area contributed by atoms with Crippen molar-refractivity contribution in [1.29, 1.82) is 0 Å². The molecule has 1 aromatic heterocycles. The van der Waals surface area contributed by atoms with Crippen LogP contribution in [0.25, 0.3) is 11.8 Å². The highest BCUT2D eigenvalue weighted by Crippen LogP contribution is 2.16. The molecule has 1 fully saturated rings. The number of imide groups is 2. The van der Waals surface area contributed by atoms with E-state index in [2.05, 4.69) is 10.4 Å². The average Bonchev–Trinajstić information content (AvgIpc) is 3.08. The van der Waals surface area contributed by atoms with Crippen LogP contribution in [0.4, 0.5) is 4.79 Å². The Labute approximate surface area is 144 Å². The summed E-state index contributed by atoms with van der Waals surface area (Å²) in [5, 5.41) is 6.44. The Morgan fingerprint density at radius 3 is 2.64 bits per heavy atom.